The van der Waals surface area contributed by atoms with Crippen LogP contribution in [-0.2, 0) is 16.0 Å². The lowest BCUT2D eigenvalue weighted by Gasteiger charge is -2.54. The minimum Gasteiger partial charge on any atom is -0.352 e. The van der Waals surface area contributed by atoms with Crippen molar-refractivity contribution >= 4 is 29.1 Å². The van der Waals surface area contributed by atoms with Crippen molar-refractivity contribution in [3.63, 3.8) is 0 Å². The first kappa shape index (κ1) is 19.4. The van der Waals surface area contributed by atoms with Gasteiger partial charge in [-0.1, -0.05) is 23.7 Å². The normalized spacial score (nSPS) is 30.9. The molecular formula is C22H28ClN3O2. The molecule has 0 saturated heterocycles. The lowest BCUT2D eigenvalue weighted by atomic mass is 9.54. The van der Waals surface area contributed by atoms with Gasteiger partial charge in [0.15, 0.2) is 0 Å². The van der Waals surface area contributed by atoms with E-state index < -0.39 is 0 Å². The molecular weight excluding hydrogens is 374 g/mol. The Kier molecular flexibility index (Phi) is 5.72. The monoisotopic (exact) mass is 401 g/mol. The fourth-order valence-corrected chi connectivity index (χ4v) is 5.78. The second kappa shape index (κ2) is 8.24. The summed E-state index contributed by atoms with van der Waals surface area (Å²) in [5.74, 6) is 2.94. The minimum absolute atomic E-state index is 0.0191. The largest absolute Gasteiger partial charge is 0.352 e. The van der Waals surface area contributed by atoms with E-state index in [4.69, 9.17) is 11.6 Å². The predicted molar refractivity (Wildman–Crippen MR) is 110 cm³/mol. The Morgan fingerprint density at radius 2 is 1.61 bits per heavy atom. The van der Waals surface area contributed by atoms with Crippen LogP contribution in [0.3, 0.4) is 0 Å². The highest BCUT2D eigenvalue weighted by molar-refractivity contribution is 6.30. The Labute approximate surface area is 171 Å². The average molecular weight is 402 g/mol. The van der Waals surface area contributed by atoms with Crippen molar-refractivity contribution in [2.45, 2.75) is 57.9 Å². The van der Waals surface area contributed by atoms with Crippen LogP contribution in [0.1, 0.15) is 51.0 Å². The van der Waals surface area contributed by atoms with Gasteiger partial charge in [-0.05, 0) is 80.4 Å². The number of carbonyl (C=O) groups is 2. The van der Waals surface area contributed by atoms with Gasteiger partial charge in [0, 0.05) is 16.8 Å². The smallest absolute Gasteiger partial charge is 0.244 e. The molecule has 4 saturated carbocycles. The van der Waals surface area contributed by atoms with Gasteiger partial charge in [-0.15, -0.1) is 0 Å². The summed E-state index contributed by atoms with van der Waals surface area (Å²) in [4.78, 5) is 24.5. The number of hydrogen-bond donors (Lipinski definition) is 2. The zero-order valence-corrected chi connectivity index (χ0v) is 17.0. The molecule has 1 aromatic rings. The fourth-order valence-electron chi connectivity index (χ4n) is 5.65. The lowest BCUT2D eigenvalue weighted by molar-refractivity contribution is -0.124. The van der Waals surface area contributed by atoms with Crippen LogP contribution in [0.25, 0.3) is 0 Å². The van der Waals surface area contributed by atoms with E-state index in [-0.39, 0.29) is 24.7 Å². The number of hydrogen-bond acceptors (Lipinski definition) is 3. The summed E-state index contributed by atoms with van der Waals surface area (Å²) >= 11 is 5.85. The molecule has 6 heteroatoms. The Hall–Kier alpha value is -1.88. The lowest BCUT2D eigenvalue weighted by Crippen LogP contribution is -2.56. The van der Waals surface area contributed by atoms with Crippen LogP contribution in [0, 0.1) is 23.7 Å². The van der Waals surface area contributed by atoms with E-state index in [1.54, 1.807) is 19.1 Å². The number of halogens is 1. The van der Waals surface area contributed by atoms with Gasteiger partial charge < -0.3 is 5.32 Å². The van der Waals surface area contributed by atoms with Crippen LogP contribution in [0.5, 0.6) is 0 Å². The Bertz CT molecular complexity index is 746. The first-order valence-electron chi connectivity index (χ1n) is 10.3. The number of hydrazone groups is 1. The third kappa shape index (κ3) is 4.57. The molecule has 0 atom stereocenters. The van der Waals surface area contributed by atoms with E-state index in [0.29, 0.717) is 28.6 Å². The van der Waals surface area contributed by atoms with Crippen LogP contribution in [0.2, 0.25) is 5.02 Å². The van der Waals surface area contributed by atoms with Crippen molar-refractivity contribution in [2.75, 3.05) is 0 Å². The number of amides is 2. The molecule has 2 amide bonds. The third-order valence-corrected chi connectivity index (χ3v) is 6.87. The van der Waals surface area contributed by atoms with Gasteiger partial charge in [-0.25, -0.2) is 5.43 Å². The number of nitrogens with one attached hydrogen (secondary N) is 2. The molecule has 4 aliphatic carbocycles. The third-order valence-electron chi connectivity index (χ3n) is 6.62. The van der Waals surface area contributed by atoms with Gasteiger partial charge in [0.2, 0.25) is 11.8 Å². The Balaban J connectivity index is 1.24. The molecule has 1 aromatic carbocycles. The molecule has 4 aliphatic rings. The standard InChI is InChI=1S/C22H28ClN3O2/c1-13(25-26-21(28)12-14-2-4-19(23)5-3-14)6-20(27)24-22-17-8-15-7-16(10-17)11-18(22)9-15/h2-5,15-18,22H,6-12H2,1H3,(H,24,27)(H,26,28)/b25-13-. The number of rotatable bonds is 6. The zero-order chi connectivity index (χ0) is 19.7. The first-order chi connectivity index (χ1) is 13.5. The maximum atomic E-state index is 12.5. The van der Waals surface area contributed by atoms with E-state index in [1.807, 2.05) is 12.1 Å². The van der Waals surface area contributed by atoms with Crippen LogP contribution in [0.4, 0.5) is 0 Å². The van der Waals surface area contributed by atoms with Crippen molar-refractivity contribution in [3.05, 3.63) is 34.9 Å². The summed E-state index contributed by atoms with van der Waals surface area (Å²) in [6.07, 6.45) is 7.00. The molecule has 2 N–H and O–H groups in total. The fraction of sp³-hybridized carbons (Fsp3) is 0.591. The quantitative estimate of drug-likeness (QED) is 0.563. The molecule has 0 aliphatic heterocycles. The predicted octanol–water partition coefficient (Wildman–Crippen LogP) is 3.71. The maximum Gasteiger partial charge on any atom is 0.244 e. The number of nitrogens with zero attached hydrogens (tertiary/aromatic N) is 1. The summed E-state index contributed by atoms with van der Waals surface area (Å²) in [5, 5.41) is 8.01. The second-order valence-electron chi connectivity index (χ2n) is 8.89. The molecule has 0 heterocycles. The highest BCUT2D eigenvalue weighted by atomic mass is 35.5. The first-order valence-corrected chi connectivity index (χ1v) is 10.7. The number of carbonyl (C=O) groups excluding carboxylic acids is 2. The highest BCUT2D eigenvalue weighted by Gasteiger charge is 2.48. The van der Waals surface area contributed by atoms with Crippen molar-refractivity contribution in [3.8, 4) is 0 Å². The van der Waals surface area contributed by atoms with Crippen LogP contribution < -0.4 is 10.7 Å². The summed E-state index contributed by atoms with van der Waals surface area (Å²) in [6.45, 7) is 1.78. The molecule has 4 bridgehead atoms. The Morgan fingerprint density at radius 1 is 1.00 bits per heavy atom. The van der Waals surface area contributed by atoms with Gasteiger partial charge in [0.05, 0.1) is 12.8 Å². The van der Waals surface area contributed by atoms with E-state index in [1.165, 1.54) is 32.1 Å². The molecule has 5 rings (SSSR count). The minimum atomic E-state index is -0.205. The summed E-state index contributed by atoms with van der Waals surface area (Å²) in [6, 6.07) is 7.49. The van der Waals surface area contributed by atoms with Crippen molar-refractivity contribution in [1.82, 2.24) is 10.7 Å². The molecule has 28 heavy (non-hydrogen) atoms. The summed E-state index contributed by atoms with van der Waals surface area (Å²) in [5.41, 5.74) is 4.03. The van der Waals surface area contributed by atoms with Crippen LogP contribution in [0.15, 0.2) is 29.4 Å². The van der Waals surface area contributed by atoms with E-state index in [9.17, 15) is 9.59 Å². The van der Waals surface area contributed by atoms with E-state index in [0.717, 1.165) is 17.4 Å². The van der Waals surface area contributed by atoms with Gasteiger partial charge in [0.25, 0.3) is 0 Å². The summed E-state index contributed by atoms with van der Waals surface area (Å²) in [7, 11) is 0. The zero-order valence-electron chi connectivity index (χ0n) is 16.3. The van der Waals surface area contributed by atoms with Gasteiger partial charge in [-0.2, -0.15) is 5.10 Å². The van der Waals surface area contributed by atoms with E-state index in [2.05, 4.69) is 15.8 Å². The van der Waals surface area contributed by atoms with Crippen molar-refractivity contribution in [2.24, 2.45) is 28.8 Å². The molecule has 4 fully saturated rings. The van der Waals surface area contributed by atoms with Gasteiger partial charge in [0.1, 0.15) is 0 Å². The molecule has 150 valence electrons. The average Bonchev–Trinajstić information content (AvgIpc) is 2.64. The van der Waals surface area contributed by atoms with Crippen LogP contribution >= 0.6 is 11.6 Å². The molecule has 5 nitrogen and oxygen atoms in total. The maximum absolute atomic E-state index is 12.5. The molecule has 0 spiro atoms. The topological polar surface area (TPSA) is 70.6 Å². The molecule has 0 aromatic heterocycles. The molecule has 0 radical (unpaired) electrons. The van der Waals surface area contributed by atoms with E-state index >= 15 is 0 Å². The van der Waals surface area contributed by atoms with Gasteiger partial charge >= 0.3 is 0 Å². The van der Waals surface area contributed by atoms with Crippen molar-refractivity contribution in [1.29, 1.82) is 0 Å². The Morgan fingerprint density at radius 3 is 2.21 bits per heavy atom. The number of benzene rings is 1. The van der Waals surface area contributed by atoms with Crippen LogP contribution in [-0.4, -0.2) is 23.6 Å². The SMILES string of the molecule is C/C(CC(=O)NC1C2CC3CC(C2)CC1C3)=N/NC(=O)Cc1ccc(Cl)cc1. The second-order valence-corrected chi connectivity index (χ2v) is 9.32. The molecule has 0 unspecified atom stereocenters. The summed E-state index contributed by atoms with van der Waals surface area (Å²) < 4.78 is 0. The van der Waals surface area contributed by atoms with Gasteiger partial charge in [-0.3, -0.25) is 9.59 Å². The highest BCUT2D eigenvalue weighted by Crippen LogP contribution is 2.53. The van der Waals surface area contributed by atoms with Crippen molar-refractivity contribution < 1.29 is 9.59 Å².